The molecular weight excluding hydrogens is 504 g/mol. The first-order valence-corrected chi connectivity index (χ1v) is 11.4. The highest BCUT2D eigenvalue weighted by Gasteiger charge is 2.37. The van der Waals surface area contributed by atoms with Crippen LogP contribution in [0.2, 0.25) is 5.02 Å². The molecule has 0 aromatic heterocycles. The van der Waals surface area contributed by atoms with Gasteiger partial charge in [-0.25, -0.2) is 4.79 Å². The Bertz CT molecular complexity index is 1370. The van der Waals surface area contributed by atoms with Crippen LogP contribution in [0.15, 0.2) is 72.8 Å². The van der Waals surface area contributed by atoms with Gasteiger partial charge in [-0.3, -0.25) is 24.5 Å². The highest BCUT2D eigenvalue weighted by Crippen LogP contribution is 2.31. The first kappa shape index (κ1) is 25.5. The van der Waals surface area contributed by atoms with Gasteiger partial charge in [0, 0.05) is 30.7 Å². The van der Waals surface area contributed by atoms with Gasteiger partial charge in [0.15, 0.2) is 12.4 Å². The molecule has 1 aliphatic heterocycles. The number of rotatable bonds is 8. The third-order valence-corrected chi connectivity index (χ3v) is 5.97. The molecule has 1 fully saturated rings. The predicted molar refractivity (Wildman–Crippen MR) is 132 cm³/mol. The number of carbonyl (C=O) groups excluding carboxylic acids is 4. The van der Waals surface area contributed by atoms with Crippen molar-refractivity contribution < 1.29 is 33.6 Å². The monoisotopic (exact) mass is 522 g/mol. The summed E-state index contributed by atoms with van der Waals surface area (Å²) < 4.78 is 10.4. The first-order chi connectivity index (χ1) is 17.7. The van der Waals surface area contributed by atoms with E-state index in [0.29, 0.717) is 10.7 Å². The van der Waals surface area contributed by atoms with Gasteiger partial charge in [-0.2, -0.15) is 0 Å². The fourth-order valence-corrected chi connectivity index (χ4v) is 3.94. The number of carbonyl (C=O) groups is 4. The molecular formula is C26H19ClN2O8. The highest BCUT2D eigenvalue weighted by molar-refractivity contribution is 6.33. The second kappa shape index (κ2) is 11.0. The quantitative estimate of drug-likeness (QED) is 0.141. The van der Waals surface area contributed by atoms with E-state index in [2.05, 4.69) is 0 Å². The number of hydrogen-bond donors (Lipinski definition) is 0. The number of nitrogens with zero attached hydrogens (tertiary/aromatic N) is 2. The average molecular weight is 523 g/mol. The van der Waals surface area contributed by atoms with Crippen LogP contribution in [0.25, 0.3) is 0 Å². The van der Waals surface area contributed by atoms with Gasteiger partial charge in [0.25, 0.3) is 5.69 Å². The summed E-state index contributed by atoms with van der Waals surface area (Å²) in [7, 11) is 0. The number of nitro benzene ring substituents is 1. The molecule has 3 aromatic rings. The number of amides is 1. The number of hydrogen-bond acceptors (Lipinski definition) is 8. The number of ketones is 1. The molecule has 11 heteroatoms. The van der Waals surface area contributed by atoms with Crippen molar-refractivity contribution in [3.63, 3.8) is 0 Å². The van der Waals surface area contributed by atoms with E-state index in [-0.39, 0.29) is 41.4 Å². The fraction of sp³-hybridized carbons (Fsp3) is 0.154. The van der Waals surface area contributed by atoms with Crippen molar-refractivity contribution in [2.24, 2.45) is 5.92 Å². The largest absolute Gasteiger partial charge is 0.457 e. The van der Waals surface area contributed by atoms with Crippen molar-refractivity contribution in [1.82, 2.24) is 0 Å². The Morgan fingerprint density at radius 2 is 1.62 bits per heavy atom. The lowest BCUT2D eigenvalue weighted by atomic mass is 10.1. The number of anilines is 1. The Morgan fingerprint density at radius 1 is 0.973 bits per heavy atom. The number of benzene rings is 3. The summed E-state index contributed by atoms with van der Waals surface area (Å²) in [6.07, 6.45) is -0.0485. The van der Waals surface area contributed by atoms with E-state index in [1.807, 2.05) is 0 Å². The Kier molecular flexibility index (Phi) is 7.59. The molecule has 0 aliphatic carbocycles. The Hall–Kier alpha value is -4.57. The summed E-state index contributed by atoms with van der Waals surface area (Å²) in [6.45, 7) is -0.415. The van der Waals surface area contributed by atoms with Gasteiger partial charge in [-0.1, -0.05) is 23.7 Å². The van der Waals surface area contributed by atoms with Crippen molar-refractivity contribution in [1.29, 1.82) is 0 Å². The molecule has 1 aliphatic rings. The maximum Gasteiger partial charge on any atom is 0.343 e. The van der Waals surface area contributed by atoms with E-state index in [0.717, 1.165) is 0 Å². The molecule has 3 aromatic carbocycles. The lowest BCUT2D eigenvalue weighted by Gasteiger charge is -2.17. The molecule has 4 rings (SSSR count). The number of esters is 2. The van der Waals surface area contributed by atoms with Crippen molar-refractivity contribution in [3.8, 4) is 5.75 Å². The molecule has 0 bridgehead atoms. The summed E-state index contributed by atoms with van der Waals surface area (Å²) in [5, 5.41) is 11.1. The minimum absolute atomic E-state index is 0.0485. The topological polar surface area (TPSA) is 133 Å². The maximum atomic E-state index is 12.5. The number of ether oxygens (including phenoxy) is 2. The Morgan fingerprint density at radius 3 is 2.27 bits per heavy atom. The van der Waals surface area contributed by atoms with Gasteiger partial charge in [0.05, 0.1) is 27.1 Å². The lowest BCUT2D eigenvalue weighted by molar-refractivity contribution is -0.384. The van der Waals surface area contributed by atoms with Crippen LogP contribution in [0.5, 0.6) is 5.75 Å². The van der Waals surface area contributed by atoms with E-state index in [4.69, 9.17) is 21.1 Å². The molecule has 1 amide bonds. The zero-order valence-electron chi connectivity index (χ0n) is 19.2. The van der Waals surface area contributed by atoms with Crippen molar-refractivity contribution in [2.75, 3.05) is 18.1 Å². The maximum absolute atomic E-state index is 12.5. The molecule has 1 saturated heterocycles. The van der Waals surface area contributed by atoms with Crippen LogP contribution in [-0.4, -0.2) is 41.7 Å². The zero-order chi connectivity index (χ0) is 26.5. The molecule has 0 unspecified atom stereocenters. The summed E-state index contributed by atoms with van der Waals surface area (Å²) in [5.41, 5.74) is 0.701. The van der Waals surface area contributed by atoms with E-state index in [1.54, 1.807) is 24.3 Å². The van der Waals surface area contributed by atoms with Crippen LogP contribution in [0.3, 0.4) is 0 Å². The molecule has 37 heavy (non-hydrogen) atoms. The van der Waals surface area contributed by atoms with Crippen molar-refractivity contribution >= 4 is 46.6 Å². The van der Waals surface area contributed by atoms with E-state index < -0.39 is 35.2 Å². The smallest absolute Gasteiger partial charge is 0.343 e. The molecule has 1 atom stereocenters. The second-order valence-corrected chi connectivity index (χ2v) is 8.51. The van der Waals surface area contributed by atoms with Crippen LogP contribution >= 0.6 is 11.6 Å². The van der Waals surface area contributed by atoms with E-state index in [9.17, 15) is 29.3 Å². The Balaban J connectivity index is 1.29. The van der Waals surface area contributed by atoms with Crippen LogP contribution in [0, 0.1) is 16.0 Å². The number of para-hydroxylation sites is 1. The van der Waals surface area contributed by atoms with Gasteiger partial charge in [-0.05, 0) is 48.5 Å². The average Bonchev–Trinajstić information content (AvgIpc) is 3.29. The third kappa shape index (κ3) is 5.99. The van der Waals surface area contributed by atoms with Gasteiger partial charge in [-0.15, -0.1) is 0 Å². The van der Waals surface area contributed by atoms with Crippen molar-refractivity contribution in [3.05, 3.63) is 99.1 Å². The molecule has 0 saturated carbocycles. The molecule has 10 nitrogen and oxygen atoms in total. The summed E-state index contributed by atoms with van der Waals surface area (Å²) in [5.74, 6) is -2.70. The summed E-state index contributed by atoms with van der Waals surface area (Å²) >= 11 is 6.15. The fourth-order valence-electron chi connectivity index (χ4n) is 3.70. The predicted octanol–water partition coefficient (Wildman–Crippen LogP) is 4.25. The molecule has 0 radical (unpaired) electrons. The van der Waals surface area contributed by atoms with Crippen LogP contribution in [-0.2, 0) is 14.3 Å². The number of non-ortho nitro benzene ring substituents is 1. The molecule has 0 spiro atoms. The minimum Gasteiger partial charge on any atom is -0.457 e. The SMILES string of the molecule is O=C(COC(=O)[C@@H]1CC(=O)N(c2ccccc2Cl)C1)c1ccc(OC(=O)c2ccc([N+](=O)[O-])cc2)cc1. The van der Waals surface area contributed by atoms with Crippen LogP contribution < -0.4 is 9.64 Å². The van der Waals surface area contributed by atoms with Gasteiger partial charge < -0.3 is 14.4 Å². The second-order valence-electron chi connectivity index (χ2n) is 8.11. The van der Waals surface area contributed by atoms with E-state index in [1.165, 1.54) is 53.4 Å². The van der Waals surface area contributed by atoms with E-state index >= 15 is 0 Å². The third-order valence-electron chi connectivity index (χ3n) is 5.65. The lowest BCUT2D eigenvalue weighted by Crippen LogP contribution is -2.27. The first-order valence-electron chi connectivity index (χ1n) is 11.0. The summed E-state index contributed by atoms with van der Waals surface area (Å²) in [4.78, 5) is 61.1. The number of Topliss-reactive ketones (excluding diaryl/α,β-unsaturated/α-hetero) is 1. The highest BCUT2D eigenvalue weighted by atomic mass is 35.5. The van der Waals surface area contributed by atoms with Gasteiger partial charge >= 0.3 is 11.9 Å². The van der Waals surface area contributed by atoms with Gasteiger partial charge in [0.2, 0.25) is 5.91 Å². The number of halogens is 1. The summed E-state index contributed by atoms with van der Waals surface area (Å²) in [6, 6.07) is 17.4. The Labute approximate surface area is 215 Å². The molecule has 0 N–H and O–H groups in total. The minimum atomic E-state index is -0.724. The standard InChI is InChI=1S/C26H19ClN2O8/c27-21-3-1-2-4-22(21)28-14-18(13-24(28)31)25(32)36-15-23(30)16-7-11-20(12-8-16)37-26(33)17-5-9-19(10-6-17)29(34)35/h1-12,18H,13-15H2/t18-/m1/s1. The molecule has 188 valence electrons. The van der Waals surface area contributed by atoms with Crippen molar-refractivity contribution in [2.45, 2.75) is 6.42 Å². The zero-order valence-corrected chi connectivity index (χ0v) is 19.9. The van der Waals surface area contributed by atoms with Crippen LogP contribution in [0.4, 0.5) is 11.4 Å². The number of nitro groups is 1. The van der Waals surface area contributed by atoms with Gasteiger partial charge in [0.1, 0.15) is 5.75 Å². The molecule has 1 heterocycles. The normalized spacial score (nSPS) is 14.8. The van der Waals surface area contributed by atoms with Crippen LogP contribution in [0.1, 0.15) is 27.1 Å².